The maximum absolute atomic E-state index is 11.3. The highest BCUT2D eigenvalue weighted by Crippen LogP contribution is 2.06. The predicted molar refractivity (Wildman–Crippen MR) is 55.9 cm³/mol. The summed E-state index contributed by atoms with van der Waals surface area (Å²) in [5, 5.41) is 2.94. The van der Waals surface area contributed by atoms with Crippen LogP contribution in [0.1, 0.15) is 27.2 Å². The molecular weight excluding hydrogens is 234 g/mol. The van der Waals surface area contributed by atoms with Gasteiger partial charge in [0.25, 0.3) is 0 Å². The minimum Gasteiger partial charge on any atom is -0.346 e. The van der Waals surface area contributed by atoms with E-state index in [1.807, 2.05) is 13.8 Å². The fourth-order valence-electron chi connectivity index (χ4n) is 1.08. The van der Waals surface area contributed by atoms with Crippen molar-refractivity contribution in [1.29, 1.82) is 0 Å². The van der Waals surface area contributed by atoms with Gasteiger partial charge >= 0.3 is 0 Å². The molecule has 76 valence electrons. The molecule has 0 rings (SSSR count). The Bertz CT molecular complexity index is 192. The van der Waals surface area contributed by atoms with Crippen molar-refractivity contribution in [2.45, 2.75) is 33.2 Å². The first kappa shape index (κ1) is 12.6. The van der Waals surface area contributed by atoms with E-state index in [9.17, 15) is 9.59 Å². The zero-order valence-electron chi connectivity index (χ0n) is 8.26. The van der Waals surface area contributed by atoms with Crippen LogP contribution in [0.25, 0.3) is 0 Å². The summed E-state index contributed by atoms with van der Waals surface area (Å²) in [6.45, 7) is 5.47. The van der Waals surface area contributed by atoms with Crippen LogP contribution < -0.4 is 5.32 Å². The largest absolute Gasteiger partial charge is 0.346 e. The number of ketones is 1. The van der Waals surface area contributed by atoms with E-state index in [4.69, 9.17) is 0 Å². The minimum atomic E-state index is -0.336. The third kappa shape index (κ3) is 5.80. The van der Waals surface area contributed by atoms with E-state index >= 15 is 0 Å². The Morgan fingerprint density at radius 2 is 1.92 bits per heavy atom. The number of Topliss-reactive ketones (excluding diaryl/α,β-unsaturated/α-hetero) is 1. The lowest BCUT2D eigenvalue weighted by Gasteiger charge is -2.17. The Kier molecular flexibility index (Phi) is 5.95. The Morgan fingerprint density at radius 3 is 2.23 bits per heavy atom. The zero-order valence-corrected chi connectivity index (χ0v) is 9.85. The summed E-state index contributed by atoms with van der Waals surface area (Å²) < 4.78 is 0. The van der Waals surface area contributed by atoms with Crippen LogP contribution in [-0.2, 0) is 9.59 Å². The van der Waals surface area contributed by atoms with E-state index in [1.165, 1.54) is 6.92 Å². The molecule has 0 aromatic carbocycles. The van der Waals surface area contributed by atoms with Crippen LogP contribution in [0.3, 0.4) is 0 Å². The van der Waals surface area contributed by atoms with Gasteiger partial charge in [0.15, 0.2) is 5.78 Å². The molecule has 1 atom stereocenters. The number of hydrogen-bond donors (Lipinski definition) is 1. The molecule has 0 saturated heterocycles. The molecule has 0 aromatic heterocycles. The van der Waals surface area contributed by atoms with Crippen LogP contribution in [0.5, 0.6) is 0 Å². The number of alkyl halides is 1. The summed E-state index contributed by atoms with van der Waals surface area (Å²) in [6, 6.07) is -0.336. The van der Waals surface area contributed by atoms with Crippen molar-refractivity contribution in [3.63, 3.8) is 0 Å². The van der Waals surface area contributed by atoms with Crippen molar-refractivity contribution in [2.75, 3.05) is 5.33 Å². The van der Waals surface area contributed by atoms with Crippen LogP contribution in [0.15, 0.2) is 0 Å². The van der Waals surface area contributed by atoms with Crippen LogP contribution in [0, 0.1) is 5.92 Å². The third-order valence-corrected chi connectivity index (χ3v) is 2.16. The molecule has 0 bridgehead atoms. The minimum absolute atomic E-state index is 0.0314. The quantitative estimate of drug-likeness (QED) is 0.751. The molecule has 13 heavy (non-hydrogen) atoms. The normalized spacial score (nSPS) is 12.7. The van der Waals surface area contributed by atoms with Gasteiger partial charge in [-0.05, 0) is 12.3 Å². The van der Waals surface area contributed by atoms with Gasteiger partial charge < -0.3 is 5.32 Å². The first-order valence-electron chi connectivity index (χ1n) is 4.33. The molecule has 1 unspecified atom stereocenters. The van der Waals surface area contributed by atoms with Gasteiger partial charge in [-0.15, -0.1) is 0 Å². The van der Waals surface area contributed by atoms with E-state index in [0.29, 0.717) is 17.7 Å². The van der Waals surface area contributed by atoms with Gasteiger partial charge in [-0.2, -0.15) is 0 Å². The van der Waals surface area contributed by atoms with Crippen LogP contribution in [-0.4, -0.2) is 23.1 Å². The molecular formula is C9H16BrNO2. The van der Waals surface area contributed by atoms with E-state index in [1.54, 1.807) is 0 Å². The Morgan fingerprint density at radius 1 is 1.38 bits per heavy atom. The molecule has 0 fully saturated rings. The smallest absolute Gasteiger partial charge is 0.217 e. The first-order valence-corrected chi connectivity index (χ1v) is 5.45. The fourth-order valence-corrected chi connectivity index (χ4v) is 1.47. The van der Waals surface area contributed by atoms with Crippen molar-refractivity contribution in [3.8, 4) is 0 Å². The number of carbonyl (C=O) groups is 2. The molecule has 0 aliphatic carbocycles. The first-order chi connectivity index (χ1) is 5.97. The lowest BCUT2D eigenvalue weighted by atomic mass is 10.0. The maximum atomic E-state index is 11.3. The molecule has 1 N–H and O–H groups in total. The maximum Gasteiger partial charge on any atom is 0.217 e. The molecule has 0 aromatic rings. The average Bonchev–Trinajstić information content (AvgIpc) is 2.00. The molecule has 0 aliphatic heterocycles. The van der Waals surface area contributed by atoms with Gasteiger partial charge in [-0.1, -0.05) is 29.8 Å². The van der Waals surface area contributed by atoms with Crippen LogP contribution in [0.2, 0.25) is 0 Å². The number of halogens is 1. The van der Waals surface area contributed by atoms with Gasteiger partial charge in [0.05, 0.1) is 11.4 Å². The van der Waals surface area contributed by atoms with Gasteiger partial charge in [-0.3, -0.25) is 9.59 Å². The standard InChI is InChI=1S/C9H16BrNO2/c1-6(2)4-8(9(13)5-10)11-7(3)12/h6,8H,4-5H2,1-3H3,(H,11,12). The molecule has 0 saturated carbocycles. The second kappa shape index (κ2) is 6.13. The number of nitrogens with one attached hydrogen (secondary N) is 1. The molecule has 0 heterocycles. The molecule has 0 aliphatic rings. The summed E-state index contributed by atoms with van der Waals surface area (Å²) >= 11 is 3.09. The lowest BCUT2D eigenvalue weighted by molar-refractivity contribution is -0.125. The summed E-state index contributed by atoms with van der Waals surface area (Å²) in [5.74, 6) is 0.281. The fraction of sp³-hybridized carbons (Fsp3) is 0.778. The van der Waals surface area contributed by atoms with E-state index in [-0.39, 0.29) is 17.7 Å². The molecule has 0 spiro atoms. The van der Waals surface area contributed by atoms with E-state index in [2.05, 4.69) is 21.2 Å². The number of rotatable bonds is 5. The van der Waals surface area contributed by atoms with E-state index < -0.39 is 0 Å². The summed E-state index contributed by atoms with van der Waals surface area (Å²) in [6.07, 6.45) is 0.698. The molecule has 0 radical (unpaired) electrons. The zero-order chi connectivity index (χ0) is 10.4. The number of carbonyl (C=O) groups excluding carboxylic acids is 2. The second-order valence-corrected chi connectivity index (χ2v) is 4.04. The average molecular weight is 250 g/mol. The van der Waals surface area contributed by atoms with E-state index in [0.717, 1.165) is 0 Å². The Balaban J connectivity index is 4.18. The number of amides is 1. The summed E-state index contributed by atoms with van der Waals surface area (Å²) in [5.41, 5.74) is 0. The predicted octanol–water partition coefficient (Wildman–Crippen LogP) is 1.50. The van der Waals surface area contributed by atoms with Gasteiger partial charge in [0, 0.05) is 6.92 Å². The topological polar surface area (TPSA) is 46.2 Å². The SMILES string of the molecule is CC(=O)NC(CC(C)C)C(=O)CBr. The molecule has 1 amide bonds. The second-order valence-electron chi connectivity index (χ2n) is 3.48. The Hall–Kier alpha value is -0.380. The molecule has 3 nitrogen and oxygen atoms in total. The molecule has 4 heteroatoms. The van der Waals surface area contributed by atoms with Crippen molar-refractivity contribution >= 4 is 27.6 Å². The van der Waals surface area contributed by atoms with Gasteiger partial charge in [0.2, 0.25) is 5.91 Å². The highest BCUT2D eigenvalue weighted by atomic mass is 79.9. The van der Waals surface area contributed by atoms with Gasteiger partial charge in [0.1, 0.15) is 0 Å². The summed E-state index contributed by atoms with van der Waals surface area (Å²) in [7, 11) is 0. The van der Waals surface area contributed by atoms with Crippen molar-refractivity contribution in [3.05, 3.63) is 0 Å². The highest BCUT2D eigenvalue weighted by Gasteiger charge is 2.18. The highest BCUT2D eigenvalue weighted by molar-refractivity contribution is 9.09. The van der Waals surface area contributed by atoms with Crippen molar-refractivity contribution in [2.24, 2.45) is 5.92 Å². The third-order valence-electron chi connectivity index (χ3n) is 1.60. The lowest BCUT2D eigenvalue weighted by Crippen LogP contribution is -2.41. The monoisotopic (exact) mass is 249 g/mol. The van der Waals surface area contributed by atoms with Crippen molar-refractivity contribution in [1.82, 2.24) is 5.32 Å². The van der Waals surface area contributed by atoms with Crippen molar-refractivity contribution < 1.29 is 9.59 Å². The summed E-state index contributed by atoms with van der Waals surface area (Å²) in [4.78, 5) is 22.1. The van der Waals surface area contributed by atoms with Crippen LogP contribution >= 0.6 is 15.9 Å². The number of hydrogen-bond acceptors (Lipinski definition) is 2. The van der Waals surface area contributed by atoms with Gasteiger partial charge in [-0.25, -0.2) is 0 Å². The van der Waals surface area contributed by atoms with Crippen LogP contribution in [0.4, 0.5) is 0 Å². The Labute approximate surface area is 87.4 Å².